The fourth-order valence-electron chi connectivity index (χ4n) is 6.24. The van der Waals surface area contributed by atoms with E-state index in [-0.39, 0.29) is 39.4 Å². The number of nitriles is 1. The van der Waals surface area contributed by atoms with Crippen LogP contribution in [0.1, 0.15) is 76.7 Å². The van der Waals surface area contributed by atoms with E-state index >= 15 is 4.39 Å². The van der Waals surface area contributed by atoms with Gasteiger partial charge in [0.15, 0.2) is 5.82 Å². The van der Waals surface area contributed by atoms with Gasteiger partial charge in [-0.1, -0.05) is 0 Å². The van der Waals surface area contributed by atoms with Crippen molar-refractivity contribution in [2.24, 2.45) is 0 Å². The molecule has 2 aromatic heterocycles. The van der Waals surface area contributed by atoms with Gasteiger partial charge in [-0.15, -0.1) is 0 Å². The van der Waals surface area contributed by atoms with E-state index in [9.17, 15) is 19.4 Å². The fraction of sp³-hybridized carbons (Fsp3) is 0.533. The van der Waals surface area contributed by atoms with Crippen LogP contribution in [-0.2, 0) is 27.1 Å². The Morgan fingerprint density at radius 2 is 2.00 bits per heavy atom. The van der Waals surface area contributed by atoms with E-state index in [0.29, 0.717) is 54.3 Å². The number of aryl methyl sites for hydroxylation is 1. The quantitative estimate of drug-likeness (QED) is 0.304. The summed E-state index contributed by atoms with van der Waals surface area (Å²) < 4.78 is 37.0. The van der Waals surface area contributed by atoms with Gasteiger partial charge in [-0.25, -0.2) is 9.18 Å². The Labute approximate surface area is 256 Å². The highest BCUT2D eigenvalue weighted by atomic mass is 79.9. The van der Waals surface area contributed by atoms with Crippen molar-refractivity contribution < 1.29 is 23.3 Å². The number of benzene rings is 1. The summed E-state index contributed by atoms with van der Waals surface area (Å²) in [4.78, 5) is 33.8. The fourth-order valence-corrected chi connectivity index (χ4v) is 7.43. The molecule has 9 nitrogen and oxygen atoms in total. The van der Waals surface area contributed by atoms with E-state index in [0.717, 1.165) is 18.5 Å². The van der Waals surface area contributed by atoms with Gasteiger partial charge in [0, 0.05) is 55.2 Å². The van der Waals surface area contributed by atoms with Crippen molar-refractivity contribution in [3.63, 3.8) is 0 Å². The standard InChI is InChI=1S/C30H35BrFN5O4S/c1-17(38)36-12-7-9-22(36)23-15-21-27(37(23)19-10-13-35(16-19)29(39)41-30(2,3)4)20-14-18(8-6-11-33)24(31)25(32)26(20)34-28(21)42(5)40/h14-15,19,22H,6-10,12-13,16H2,1-5H3. The van der Waals surface area contributed by atoms with Crippen LogP contribution in [0.5, 0.6) is 0 Å². The number of carbonyl (C=O) groups excluding carboxylic acids is 2. The molecule has 3 unspecified atom stereocenters. The summed E-state index contributed by atoms with van der Waals surface area (Å²) in [5, 5.41) is 10.7. The second-order valence-corrected chi connectivity index (χ2v) is 14.1. The smallest absolute Gasteiger partial charge is 0.410 e. The molecule has 4 heterocycles. The number of pyridine rings is 1. The zero-order valence-electron chi connectivity index (χ0n) is 24.5. The second-order valence-electron chi connectivity index (χ2n) is 12.0. The van der Waals surface area contributed by atoms with Crippen LogP contribution in [0.2, 0.25) is 0 Å². The molecule has 2 fully saturated rings. The highest BCUT2D eigenvalue weighted by Crippen LogP contribution is 2.44. The Bertz CT molecular complexity index is 1610. The number of rotatable bonds is 5. The van der Waals surface area contributed by atoms with Crippen molar-refractivity contribution in [3.8, 4) is 6.07 Å². The van der Waals surface area contributed by atoms with Crippen LogP contribution in [0.15, 0.2) is 21.6 Å². The van der Waals surface area contributed by atoms with Crippen LogP contribution < -0.4 is 0 Å². The summed E-state index contributed by atoms with van der Waals surface area (Å²) in [6.45, 7) is 8.51. The minimum atomic E-state index is -1.54. The molecule has 224 valence electrons. The highest BCUT2D eigenvalue weighted by molar-refractivity contribution is 9.10. The first-order chi connectivity index (χ1) is 19.8. The van der Waals surface area contributed by atoms with Crippen molar-refractivity contribution in [1.29, 1.82) is 5.26 Å². The van der Waals surface area contributed by atoms with Gasteiger partial charge in [0.25, 0.3) is 5.03 Å². The molecule has 0 N–H and O–H groups in total. The van der Waals surface area contributed by atoms with Gasteiger partial charge in [-0.05, 0) is 80.1 Å². The van der Waals surface area contributed by atoms with E-state index < -0.39 is 28.7 Å². The largest absolute Gasteiger partial charge is 0.610 e. The normalized spacial score (nSPS) is 20.0. The van der Waals surface area contributed by atoms with Crippen LogP contribution in [0.3, 0.4) is 0 Å². The van der Waals surface area contributed by atoms with E-state index in [2.05, 4.69) is 31.6 Å². The number of halogens is 2. The molecule has 5 rings (SSSR count). The average molecular weight is 661 g/mol. The number of amides is 2. The number of aromatic nitrogens is 2. The molecule has 2 saturated heterocycles. The first kappa shape index (κ1) is 30.6. The maximum atomic E-state index is 15.9. The van der Waals surface area contributed by atoms with Crippen LogP contribution in [0, 0.1) is 17.1 Å². The average Bonchev–Trinajstić information content (AvgIpc) is 3.66. The van der Waals surface area contributed by atoms with Gasteiger partial charge in [-0.3, -0.25) is 4.79 Å². The van der Waals surface area contributed by atoms with Crippen LogP contribution >= 0.6 is 15.9 Å². The van der Waals surface area contributed by atoms with Gasteiger partial charge in [0.2, 0.25) is 5.91 Å². The van der Waals surface area contributed by atoms with Gasteiger partial charge < -0.3 is 23.7 Å². The maximum Gasteiger partial charge on any atom is 0.410 e. The molecule has 12 heteroatoms. The summed E-state index contributed by atoms with van der Waals surface area (Å²) >= 11 is 1.82. The van der Waals surface area contributed by atoms with E-state index in [1.165, 1.54) is 6.26 Å². The van der Waals surface area contributed by atoms with Gasteiger partial charge in [0.05, 0.1) is 33.5 Å². The van der Waals surface area contributed by atoms with Crippen molar-refractivity contribution >= 4 is 60.9 Å². The molecule has 0 radical (unpaired) electrons. The van der Waals surface area contributed by atoms with E-state index in [1.54, 1.807) is 11.8 Å². The topological polar surface area (TPSA) is 115 Å². The predicted molar refractivity (Wildman–Crippen MR) is 162 cm³/mol. The molecule has 3 aromatic rings. The van der Waals surface area contributed by atoms with Gasteiger partial charge in [0.1, 0.15) is 17.4 Å². The molecule has 2 amide bonds. The number of hydrogen-bond donors (Lipinski definition) is 0. The third-order valence-electron chi connectivity index (χ3n) is 7.98. The lowest BCUT2D eigenvalue weighted by molar-refractivity contribution is -0.129. The summed E-state index contributed by atoms with van der Waals surface area (Å²) in [6, 6.07) is 5.51. The number of nitrogens with zero attached hydrogens (tertiary/aromatic N) is 5. The molecule has 2 aliphatic heterocycles. The van der Waals surface area contributed by atoms with Crippen LogP contribution in [0.25, 0.3) is 21.8 Å². The Hall–Kier alpha value is -2.88. The summed E-state index contributed by atoms with van der Waals surface area (Å²) in [5.74, 6) is -0.608. The molecule has 0 bridgehead atoms. The molecule has 42 heavy (non-hydrogen) atoms. The second kappa shape index (κ2) is 11.7. The summed E-state index contributed by atoms with van der Waals surface area (Å²) in [6.07, 6.45) is 3.90. The Kier molecular flexibility index (Phi) is 8.49. The van der Waals surface area contributed by atoms with Crippen molar-refractivity contribution in [3.05, 3.63) is 33.7 Å². The molecule has 0 aliphatic carbocycles. The minimum Gasteiger partial charge on any atom is -0.610 e. The minimum absolute atomic E-state index is 0.0350. The van der Waals surface area contributed by atoms with E-state index in [1.807, 2.05) is 37.8 Å². The SMILES string of the molecule is CC(=O)N1CCCC1c1cc2c([S+](C)[O-])nc3c(F)c(Br)c(CCC#N)cc3c2n1C1CCN(C(=O)OC(C)(C)C)C1. The maximum absolute atomic E-state index is 15.9. The molecular weight excluding hydrogens is 625 g/mol. The lowest BCUT2D eigenvalue weighted by Crippen LogP contribution is -2.35. The first-order valence-electron chi connectivity index (χ1n) is 14.1. The third-order valence-corrected chi connectivity index (χ3v) is 9.69. The van der Waals surface area contributed by atoms with Gasteiger partial charge >= 0.3 is 6.09 Å². The Balaban J connectivity index is 1.79. The number of ether oxygens (including phenoxy) is 1. The number of carbonyl (C=O) groups is 2. The number of fused-ring (bicyclic) bond motifs is 3. The Morgan fingerprint density at radius 3 is 2.64 bits per heavy atom. The predicted octanol–water partition coefficient (Wildman–Crippen LogP) is 6.15. The summed E-state index contributed by atoms with van der Waals surface area (Å²) in [7, 11) is 0. The van der Waals surface area contributed by atoms with Crippen molar-refractivity contribution in [2.45, 2.75) is 82.5 Å². The zero-order chi connectivity index (χ0) is 30.5. The molecular formula is C30H35BrFN5O4S. The van der Waals surface area contributed by atoms with Crippen molar-refractivity contribution in [1.82, 2.24) is 19.4 Å². The molecule has 0 saturated carbocycles. The first-order valence-corrected chi connectivity index (χ1v) is 16.5. The van der Waals surface area contributed by atoms with Crippen LogP contribution in [-0.4, -0.2) is 67.4 Å². The van der Waals surface area contributed by atoms with Gasteiger partial charge in [-0.2, -0.15) is 10.2 Å². The lowest BCUT2D eigenvalue weighted by Gasteiger charge is -2.28. The molecule has 2 aliphatic rings. The van der Waals surface area contributed by atoms with Crippen molar-refractivity contribution in [2.75, 3.05) is 25.9 Å². The van der Waals surface area contributed by atoms with E-state index in [4.69, 9.17) is 4.74 Å². The molecule has 3 atom stereocenters. The number of hydrogen-bond acceptors (Lipinski definition) is 6. The monoisotopic (exact) mass is 659 g/mol. The summed E-state index contributed by atoms with van der Waals surface area (Å²) in [5.41, 5.74) is 1.62. The highest BCUT2D eigenvalue weighted by Gasteiger charge is 2.38. The molecule has 1 aromatic carbocycles. The zero-order valence-corrected chi connectivity index (χ0v) is 26.9. The third kappa shape index (κ3) is 5.58. The van der Waals surface area contributed by atoms with Crippen LogP contribution in [0.4, 0.5) is 9.18 Å². The molecule has 0 spiro atoms. The lowest BCUT2D eigenvalue weighted by atomic mass is 10.0. The Morgan fingerprint density at radius 1 is 1.26 bits per heavy atom. The number of likely N-dealkylation sites (tertiary alicyclic amines) is 2.